The summed E-state index contributed by atoms with van der Waals surface area (Å²) in [5.41, 5.74) is 3.36. The van der Waals surface area contributed by atoms with Crippen molar-refractivity contribution in [1.82, 2.24) is 10.4 Å². The molecule has 0 radical (unpaired) electrons. The van der Waals surface area contributed by atoms with Crippen LogP contribution in [0.2, 0.25) is 0 Å². The lowest BCUT2D eigenvalue weighted by molar-refractivity contribution is -0.110. The molecule has 5 nitrogen and oxygen atoms in total. The molecule has 1 aliphatic heterocycles. The van der Waals surface area contributed by atoms with E-state index in [1.165, 1.54) is 0 Å². The molecule has 0 fully saturated rings. The number of carbonyl (C=O) groups is 3. The van der Waals surface area contributed by atoms with Crippen molar-refractivity contribution >= 4 is 18.1 Å². The summed E-state index contributed by atoms with van der Waals surface area (Å²) in [4.78, 5) is 34.5. The zero-order chi connectivity index (χ0) is 12.4. The van der Waals surface area contributed by atoms with E-state index in [0.29, 0.717) is 23.8 Å². The molecule has 1 aliphatic rings. The van der Waals surface area contributed by atoms with Crippen LogP contribution in [-0.2, 0) is 4.79 Å². The van der Waals surface area contributed by atoms with Gasteiger partial charge in [-0.15, -0.1) is 0 Å². The zero-order valence-electron chi connectivity index (χ0n) is 9.34. The van der Waals surface area contributed by atoms with Gasteiger partial charge in [-0.2, -0.15) is 0 Å². The number of hydrazine groups is 1. The van der Waals surface area contributed by atoms with Crippen LogP contribution in [0.25, 0.3) is 0 Å². The molecular formula is C12H12N2O3. The predicted molar refractivity (Wildman–Crippen MR) is 60.2 cm³/mol. The van der Waals surface area contributed by atoms with Gasteiger partial charge in [0.05, 0.1) is 17.2 Å². The predicted octanol–water partition coefficient (Wildman–Crippen LogP) is 0.765. The Bertz CT molecular complexity index is 449. The standard InChI is InChI=1S/C12H12N2O3/c1-2-8(7-15)13-14-11(16)9-5-3-4-6-10(9)12(14)17/h3-8,13H,2H2,1H3. The number of imide groups is 1. The van der Waals surface area contributed by atoms with Crippen molar-refractivity contribution in [3.05, 3.63) is 35.4 Å². The van der Waals surface area contributed by atoms with Crippen LogP contribution in [0.5, 0.6) is 0 Å². The number of nitrogens with one attached hydrogen (secondary N) is 1. The summed E-state index contributed by atoms with van der Waals surface area (Å²) >= 11 is 0. The zero-order valence-corrected chi connectivity index (χ0v) is 9.34. The highest BCUT2D eigenvalue weighted by molar-refractivity contribution is 6.21. The summed E-state index contributed by atoms with van der Waals surface area (Å²) < 4.78 is 0. The van der Waals surface area contributed by atoms with Gasteiger partial charge in [0.15, 0.2) is 0 Å². The number of carbonyl (C=O) groups excluding carboxylic acids is 3. The van der Waals surface area contributed by atoms with E-state index in [0.717, 1.165) is 5.01 Å². The lowest BCUT2D eigenvalue weighted by Gasteiger charge is -2.18. The molecule has 1 aromatic rings. The summed E-state index contributed by atoms with van der Waals surface area (Å²) in [6.45, 7) is 1.80. The molecule has 1 N–H and O–H groups in total. The fourth-order valence-electron chi connectivity index (χ4n) is 1.69. The minimum Gasteiger partial charge on any atom is -0.302 e. The Hall–Kier alpha value is -2.01. The first-order valence-electron chi connectivity index (χ1n) is 5.38. The molecule has 1 atom stereocenters. The van der Waals surface area contributed by atoms with Crippen LogP contribution >= 0.6 is 0 Å². The summed E-state index contributed by atoms with van der Waals surface area (Å²) in [5.74, 6) is -0.822. The molecule has 0 aliphatic carbocycles. The summed E-state index contributed by atoms with van der Waals surface area (Å²) in [5, 5.41) is 0.910. The van der Waals surface area contributed by atoms with Crippen molar-refractivity contribution in [2.75, 3.05) is 0 Å². The van der Waals surface area contributed by atoms with Crippen LogP contribution in [-0.4, -0.2) is 29.2 Å². The molecule has 0 saturated heterocycles. The number of amides is 2. The summed E-state index contributed by atoms with van der Waals surface area (Å²) in [6.07, 6.45) is 1.19. The summed E-state index contributed by atoms with van der Waals surface area (Å²) in [6, 6.07) is 6.06. The lowest BCUT2D eigenvalue weighted by atomic mass is 10.1. The Kier molecular flexibility index (Phi) is 3.01. The van der Waals surface area contributed by atoms with Gasteiger partial charge < -0.3 is 4.79 Å². The van der Waals surface area contributed by atoms with E-state index in [4.69, 9.17) is 0 Å². The Balaban J connectivity index is 2.27. The van der Waals surface area contributed by atoms with Crippen molar-refractivity contribution in [2.24, 2.45) is 0 Å². The normalized spacial score (nSPS) is 15.9. The maximum absolute atomic E-state index is 11.9. The highest BCUT2D eigenvalue weighted by atomic mass is 16.2. The van der Waals surface area contributed by atoms with Crippen LogP contribution in [0.15, 0.2) is 24.3 Å². The van der Waals surface area contributed by atoms with E-state index in [1.54, 1.807) is 31.2 Å². The monoisotopic (exact) mass is 232 g/mol. The molecule has 1 heterocycles. The van der Waals surface area contributed by atoms with Crippen molar-refractivity contribution in [3.63, 3.8) is 0 Å². The molecule has 0 bridgehead atoms. The van der Waals surface area contributed by atoms with Crippen molar-refractivity contribution < 1.29 is 14.4 Å². The number of nitrogens with zero attached hydrogens (tertiary/aromatic N) is 1. The minimum absolute atomic E-state index is 0.366. The second-order valence-electron chi connectivity index (χ2n) is 3.77. The quantitative estimate of drug-likeness (QED) is 0.615. The molecule has 0 aromatic heterocycles. The van der Waals surface area contributed by atoms with E-state index >= 15 is 0 Å². The first-order valence-corrected chi connectivity index (χ1v) is 5.38. The van der Waals surface area contributed by atoms with Crippen LogP contribution in [0.1, 0.15) is 34.1 Å². The number of rotatable bonds is 4. The molecule has 5 heteroatoms. The molecule has 2 amide bonds. The molecule has 1 aromatic carbocycles. The third-order valence-electron chi connectivity index (χ3n) is 2.69. The van der Waals surface area contributed by atoms with E-state index in [9.17, 15) is 14.4 Å². The topological polar surface area (TPSA) is 66.5 Å². The second kappa shape index (κ2) is 4.47. The number of hydrogen-bond donors (Lipinski definition) is 1. The third kappa shape index (κ3) is 1.85. The van der Waals surface area contributed by atoms with E-state index in [1.807, 2.05) is 0 Å². The third-order valence-corrected chi connectivity index (χ3v) is 2.69. The molecule has 2 rings (SSSR count). The van der Waals surface area contributed by atoms with E-state index < -0.39 is 17.9 Å². The van der Waals surface area contributed by atoms with Crippen LogP contribution < -0.4 is 5.43 Å². The van der Waals surface area contributed by atoms with Gasteiger partial charge in [-0.25, -0.2) is 10.4 Å². The molecule has 0 spiro atoms. The largest absolute Gasteiger partial charge is 0.302 e. The van der Waals surface area contributed by atoms with Crippen LogP contribution in [0.3, 0.4) is 0 Å². The first-order chi connectivity index (χ1) is 8.19. The smallest absolute Gasteiger partial charge is 0.276 e. The highest BCUT2D eigenvalue weighted by Crippen LogP contribution is 2.20. The number of aldehydes is 1. The van der Waals surface area contributed by atoms with Crippen molar-refractivity contribution in [3.8, 4) is 0 Å². The second-order valence-corrected chi connectivity index (χ2v) is 3.77. The van der Waals surface area contributed by atoms with Crippen molar-refractivity contribution in [2.45, 2.75) is 19.4 Å². The van der Waals surface area contributed by atoms with Crippen LogP contribution in [0.4, 0.5) is 0 Å². The molecule has 0 saturated carbocycles. The number of benzene rings is 1. The highest BCUT2D eigenvalue weighted by Gasteiger charge is 2.36. The van der Waals surface area contributed by atoms with Gasteiger partial charge in [-0.1, -0.05) is 19.1 Å². The minimum atomic E-state index is -0.530. The number of fused-ring (bicyclic) bond motifs is 1. The lowest BCUT2D eigenvalue weighted by Crippen LogP contribution is -2.48. The summed E-state index contributed by atoms with van der Waals surface area (Å²) in [7, 11) is 0. The molecule has 1 unspecified atom stereocenters. The average Bonchev–Trinajstić information content (AvgIpc) is 2.61. The van der Waals surface area contributed by atoms with Gasteiger partial charge in [-0.3, -0.25) is 9.59 Å². The Labute approximate surface area is 98.4 Å². The van der Waals surface area contributed by atoms with Gasteiger partial charge in [-0.05, 0) is 18.6 Å². The van der Waals surface area contributed by atoms with Gasteiger partial charge in [0.25, 0.3) is 11.8 Å². The molecule has 17 heavy (non-hydrogen) atoms. The van der Waals surface area contributed by atoms with Gasteiger partial charge in [0, 0.05) is 0 Å². The van der Waals surface area contributed by atoms with Gasteiger partial charge >= 0.3 is 0 Å². The molecule has 88 valence electrons. The Morgan fingerprint density at radius 1 is 1.24 bits per heavy atom. The number of hydrogen-bond acceptors (Lipinski definition) is 4. The SMILES string of the molecule is CCC(C=O)NN1C(=O)c2ccccc2C1=O. The Morgan fingerprint density at radius 3 is 2.18 bits per heavy atom. The van der Waals surface area contributed by atoms with Crippen LogP contribution in [0, 0.1) is 0 Å². The average molecular weight is 232 g/mol. The van der Waals surface area contributed by atoms with E-state index in [-0.39, 0.29) is 0 Å². The maximum Gasteiger partial charge on any atom is 0.276 e. The van der Waals surface area contributed by atoms with E-state index in [2.05, 4.69) is 5.43 Å². The maximum atomic E-state index is 11.9. The molecular weight excluding hydrogens is 220 g/mol. The fourth-order valence-corrected chi connectivity index (χ4v) is 1.69. The Morgan fingerprint density at radius 2 is 1.76 bits per heavy atom. The fraction of sp³-hybridized carbons (Fsp3) is 0.250. The van der Waals surface area contributed by atoms with Gasteiger partial charge in [0.1, 0.15) is 6.29 Å². The van der Waals surface area contributed by atoms with Gasteiger partial charge in [0.2, 0.25) is 0 Å². The first kappa shape index (κ1) is 11.5. The van der Waals surface area contributed by atoms with Crippen molar-refractivity contribution in [1.29, 1.82) is 0 Å².